The lowest BCUT2D eigenvalue weighted by atomic mass is 10.6. The van der Waals surface area contributed by atoms with Gasteiger partial charge in [-0.3, -0.25) is 4.79 Å². The molecule has 2 aromatic rings. The summed E-state index contributed by atoms with van der Waals surface area (Å²) in [6, 6.07) is 3.26. The Labute approximate surface area is 60.7 Å². The molecule has 0 saturated carbocycles. The highest BCUT2D eigenvalue weighted by atomic mass is 32.1. The molecule has 0 aliphatic heterocycles. The molecule has 0 aliphatic carbocycles. The Morgan fingerprint density at radius 2 is 2.40 bits per heavy atom. The van der Waals surface area contributed by atoms with Gasteiger partial charge in [-0.1, -0.05) is 11.5 Å². The second-order valence-electron chi connectivity index (χ2n) is 1.84. The average Bonchev–Trinajstić information content (AvgIpc) is 2.36. The zero-order chi connectivity index (χ0) is 6.97. The van der Waals surface area contributed by atoms with E-state index in [0.29, 0.717) is 0 Å². The SMILES string of the molecule is O=c1ccnc2ccsn12. The van der Waals surface area contributed by atoms with Crippen molar-refractivity contribution in [1.29, 1.82) is 0 Å². The van der Waals surface area contributed by atoms with E-state index in [0.717, 1.165) is 5.65 Å². The topological polar surface area (TPSA) is 34.4 Å². The van der Waals surface area contributed by atoms with Gasteiger partial charge in [-0.05, 0) is 6.07 Å². The van der Waals surface area contributed by atoms with E-state index in [1.807, 2.05) is 11.4 Å². The van der Waals surface area contributed by atoms with Crippen molar-refractivity contribution >= 4 is 17.2 Å². The molecule has 0 N–H and O–H groups in total. The maximum absolute atomic E-state index is 11.0. The Balaban J connectivity index is 3.09. The molecular weight excluding hydrogens is 148 g/mol. The molecule has 0 radical (unpaired) electrons. The first kappa shape index (κ1) is 5.61. The van der Waals surface area contributed by atoms with Crippen LogP contribution in [0.3, 0.4) is 0 Å². The number of hydrogen-bond donors (Lipinski definition) is 0. The predicted octanol–water partition coefficient (Wildman–Crippen LogP) is 0.756. The van der Waals surface area contributed by atoms with Crippen LogP contribution < -0.4 is 5.56 Å². The van der Waals surface area contributed by atoms with E-state index in [4.69, 9.17) is 0 Å². The van der Waals surface area contributed by atoms with Gasteiger partial charge in [0.2, 0.25) is 0 Å². The molecule has 0 aromatic carbocycles. The maximum Gasteiger partial charge on any atom is 0.267 e. The second-order valence-corrected chi connectivity index (χ2v) is 2.69. The van der Waals surface area contributed by atoms with E-state index >= 15 is 0 Å². The highest BCUT2D eigenvalue weighted by molar-refractivity contribution is 7.04. The summed E-state index contributed by atoms with van der Waals surface area (Å²) in [5.41, 5.74) is 0.706. The molecule has 0 atom stereocenters. The Bertz CT molecular complexity index is 403. The van der Waals surface area contributed by atoms with Gasteiger partial charge in [-0.2, -0.15) is 0 Å². The molecule has 0 saturated heterocycles. The monoisotopic (exact) mass is 152 g/mol. The number of aromatic nitrogens is 2. The molecule has 0 unspecified atom stereocenters. The van der Waals surface area contributed by atoms with Crippen molar-refractivity contribution in [3.63, 3.8) is 0 Å². The lowest BCUT2D eigenvalue weighted by Gasteiger charge is -1.85. The summed E-state index contributed by atoms with van der Waals surface area (Å²) in [6.45, 7) is 0. The summed E-state index contributed by atoms with van der Waals surface area (Å²) in [6.07, 6.45) is 1.52. The van der Waals surface area contributed by atoms with Gasteiger partial charge in [0.15, 0.2) is 0 Å². The third-order valence-electron chi connectivity index (χ3n) is 1.22. The fourth-order valence-corrected chi connectivity index (χ4v) is 1.46. The molecule has 50 valence electrons. The van der Waals surface area contributed by atoms with Gasteiger partial charge in [-0.15, -0.1) is 0 Å². The first-order chi connectivity index (χ1) is 4.88. The fourth-order valence-electron chi connectivity index (χ4n) is 0.779. The van der Waals surface area contributed by atoms with Crippen LogP contribution in [0.2, 0.25) is 0 Å². The van der Waals surface area contributed by atoms with Crippen molar-refractivity contribution < 1.29 is 0 Å². The van der Waals surface area contributed by atoms with Crippen LogP contribution in [0, 0.1) is 0 Å². The molecule has 2 rings (SSSR count). The number of fused-ring (bicyclic) bond motifs is 1. The van der Waals surface area contributed by atoms with Crippen LogP contribution in [0.25, 0.3) is 5.65 Å². The third-order valence-corrected chi connectivity index (χ3v) is 2.05. The van der Waals surface area contributed by atoms with E-state index in [2.05, 4.69) is 4.98 Å². The van der Waals surface area contributed by atoms with Crippen molar-refractivity contribution in [2.45, 2.75) is 0 Å². The van der Waals surface area contributed by atoms with Crippen LogP contribution in [0.1, 0.15) is 0 Å². The zero-order valence-corrected chi connectivity index (χ0v) is 5.84. The van der Waals surface area contributed by atoms with Gasteiger partial charge in [-0.25, -0.2) is 8.77 Å². The van der Waals surface area contributed by atoms with Gasteiger partial charge < -0.3 is 0 Å². The molecule has 0 amide bonds. The highest BCUT2D eigenvalue weighted by Gasteiger charge is 1.93. The van der Waals surface area contributed by atoms with Gasteiger partial charge in [0.1, 0.15) is 5.65 Å². The third kappa shape index (κ3) is 0.657. The van der Waals surface area contributed by atoms with Crippen LogP contribution in [0.15, 0.2) is 28.5 Å². The minimum absolute atomic E-state index is 0.0139. The fraction of sp³-hybridized carbons (Fsp3) is 0. The number of nitrogens with zero attached hydrogens (tertiary/aromatic N) is 2. The Morgan fingerprint density at radius 3 is 3.20 bits per heavy atom. The van der Waals surface area contributed by atoms with Gasteiger partial charge in [0.25, 0.3) is 5.56 Å². The van der Waals surface area contributed by atoms with Crippen molar-refractivity contribution in [2.75, 3.05) is 0 Å². The molecule has 2 aromatic heterocycles. The predicted molar refractivity (Wildman–Crippen MR) is 39.3 cm³/mol. The largest absolute Gasteiger partial charge is 0.268 e. The van der Waals surface area contributed by atoms with Gasteiger partial charge >= 0.3 is 0 Å². The normalized spacial score (nSPS) is 10.4. The summed E-state index contributed by atoms with van der Waals surface area (Å²) in [7, 11) is 0. The summed E-state index contributed by atoms with van der Waals surface area (Å²) in [4.78, 5) is 14.9. The Kier molecular flexibility index (Phi) is 1.07. The standard InChI is InChI=1S/C6H4N2OS/c9-6-1-3-7-5-2-4-10-8(5)6/h1-4H. The highest BCUT2D eigenvalue weighted by Crippen LogP contribution is 2.00. The first-order valence-electron chi connectivity index (χ1n) is 2.80. The van der Waals surface area contributed by atoms with Crippen LogP contribution in [-0.2, 0) is 0 Å². The molecule has 2 heterocycles. The van der Waals surface area contributed by atoms with Crippen LogP contribution in [0.5, 0.6) is 0 Å². The van der Waals surface area contributed by atoms with Crippen molar-refractivity contribution in [3.8, 4) is 0 Å². The zero-order valence-electron chi connectivity index (χ0n) is 5.02. The molecule has 0 bridgehead atoms. The number of hydrogen-bond acceptors (Lipinski definition) is 3. The van der Waals surface area contributed by atoms with E-state index < -0.39 is 0 Å². The van der Waals surface area contributed by atoms with Crippen LogP contribution in [0.4, 0.5) is 0 Å². The summed E-state index contributed by atoms with van der Waals surface area (Å²) in [5, 5.41) is 1.84. The molecule has 0 aliphatic rings. The maximum atomic E-state index is 11.0. The van der Waals surface area contributed by atoms with Gasteiger partial charge in [0.05, 0.1) is 0 Å². The smallest absolute Gasteiger partial charge is 0.267 e. The number of rotatable bonds is 0. The van der Waals surface area contributed by atoms with Crippen LogP contribution >= 0.6 is 11.5 Å². The molecule has 0 spiro atoms. The summed E-state index contributed by atoms with van der Waals surface area (Å²) in [5.74, 6) is 0. The molecule has 10 heavy (non-hydrogen) atoms. The molecule has 0 fully saturated rings. The van der Waals surface area contributed by atoms with Crippen molar-refractivity contribution in [2.24, 2.45) is 0 Å². The Hall–Kier alpha value is -1.16. The molecule has 3 nitrogen and oxygen atoms in total. The molecular formula is C6H4N2OS. The lowest BCUT2D eigenvalue weighted by Crippen LogP contribution is -2.07. The minimum Gasteiger partial charge on any atom is -0.268 e. The van der Waals surface area contributed by atoms with E-state index in [1.54, 1.807) is 3.79 Å². The first-order valence-corrected chi connectivity index (χ1v) is 3.63. The average molecular weight is 152 g/mol. The summed E-state index contributed by atoms with van der Waals surface area (Å²) >= 11 is 1.36. The van der Waals surface area contributed by atoms with E-state index in [1.165, 1.54) is 23.8 Å². The van der Waals surface area contributed by atoms with E-state index in [9.17, 15) is 4.79 Å². The van der Waals surface area contributed by atoms with Crippen LogP contribution in [-0.4, -0.2) is 8.77 Å². The Morgan fingerprint density at radius 1 is 1.50 bits per heavy atom. The summed E-state index contributed by atoms with van der Waals surface area (Å²) < 4.78 is 1.54. The molecule has 4 heteroatoms. The second kappa shape index (κ2) is 1.91. The van der Waals surface area contributed by atoms with Gasteiger partial charge in [0, 0.05) is 17.6 Å². The van der Waals surface area contributed by atoms with E-state index in [-0.39, 0.29) is 5.56 Å². The van der Waals surface area contributed by atoms with Crippen molar-refractivity contribution in [3.05, 3.63) is 34.1 Å². The lowest BCUT2D eigenvalue weighted by molar-refractivity contribution is 1.16. The minimum atomic E-state index is -0.0139. The van der Waals surface area contributed by atoms with Crippen molar-refractivity contribution in [1.82, 2.24) is 8.77 Å². The quantitative estimate of drug-likeness (QED) is 0.558.